The Morgan fingerprint density at radius 1 is 1.65 bits per heavy atom. The van der Waals surface area contributed by atoms with Crippen LogP contribution >= 0.6 is 0 Å². The number of H-pyrrole nitrogens is 1. The number of nitrogen functional groups attached to an aromatic ring is 1. The molecule has 0 amide bonds. The van der Waals surface area contributed by atoms with Crippen LogP contribution in [0.5, 0.6) is 0 Å². The summed E-state index contributed by atoms with van der Waals surface area (Å²) in [5, 5.41) is 0. The molecule has 0 radical (unpaired) electrons. The van der Waals surface area contributed by atoms with E-state index in [-0.39, 0.29) is 36.2 Å². The second-order valence-corrected chi connectivity index (χ2v) is 4.67. The number of carbonyl (C=O) groups is 1. The third kappa shape index (κ3) is 3.08. The molecule has 2 rings (SSSR count). The molecule has 8 nitrogen and oxygen atoms in total. The van der Waals surface area contributed by atoms with Gasteiger partial charge in [0.05, 0.1) is 12.4 Å². The zero-order chi connectivity index (χ0) is 14.7. The summed E-state index contributed by atoms with van der Waals surface area (Å²) in [6.07, 6.45) is 2.43. The van der Waals surface area contributed by atoms with Crippen molar-refractivity contribution in [3.8, 4) is 0 Å². The maximum Gasteiger partial charge on any atom is 0.302 e. The smallest absolute Gasteiger partial charge is 0.302 e. The van der Waals surface area contributed by atoms with E-state index in [1.54, 1.807) is 11.9 Å². The van der Waals surface area contributed by atoms with Crippen LogP contribution in [0.3, 0.4) is 0 Å². The van der Waals surface area contributed by atoms with E-state index in [0.29, 0.717) is 5.82 Å². The van der Waals surface area contributed by atoms with Crippen LogP contribution in [-0.2, 0) is 14.3 Å². The zero-order valence-corrected chi connectivity index (χ0v) is 11.5. The Bertz CT molecular complexity index is 545. The Morgan fingerprint density at radius 2 is 2.40 bits per heavy atom. The maximum absolute atomic E-state index is 11.5. The molecule has 20 heavy (non-hydrogen) atoms. The van der Waals surface area contributed by atoms with Crippen LogP contribution in [0.2, 0.25) is 0 Å². The number of aromatic amines is 1. The van der Waals surface area contributed by atoms with E-state index in [1.807, 2.05) is 0 Å². The number of nitrogens with one attached hydrogen (secondary N) is 1. The number of rotatable bonds is 4. The standard InChI is InChI=1S/C12H18N4O4/c1-7(17)19-5-8-3-4-9(20-8)16(2)11-10(13)12(18)15-6-14-11/h6,8-9H,3-5,13H2,1-2H3,(H,14,15,18). The fourth-order valence-corrected chi connectivity index (χ4v) is 2.12. The van der Waals surface area contributed by atoms with E-state index >= 15 is 0 Å². The zero-order valence-electron chi connectivity index (χ0n) is 11.5. The van der Waals surface area contributed by atoms with Crippen molar-refractivity contribution in [3.63, 3.8) is 0 Å². The molecule has 0 bridgehead atoms. The first kappa shape index (κ1) is 14.3. The minimum atomic E-state index is -0.378. The second-order valence-electron chi connectivity index (χ2n) is 4.67. The quantitative estimate of drug-likeness (QED) is 0.739. The first-order valence-corrected chi connectivity index (χ1v) is 6.34. The lowest BCUT2D eigenvalue weighted by Gasteiger charge is -2.26. The molecule has 3 N–H and O–H groups in total. The SMILES string of the molecule is CC(=O)OCC1CCC(N(C)c2nc[nH]c(=O)c2N)O1. The Morgan fingerprint density at radius 3 is 3.10 bits per heavy atom. The van der Waals surface area contributed by atoms with Gasteiger partial charge >= 0.3 is 5.97 Å². The van der Waals surface area contributed by atoms with Gasteiger partial charge in [-0.1, -0.05) is 0 Å². The number of nitrogens with two attached hydrogens (primary N) is 1. The first-order chi connectivity index (χ1) is 9.49. The molecule has 1 aliphatic rings. The van der Waals surface area contributed by atoms with E-state index in [4.69, 9.17) is 15.2 Å². The normalized spacial score (nSPS) is 21.7. The number of esters is 1. The van der Waals surface area contributed by atoms with Crippen molar-refractivity contribution >= 4 is 17.5 Å². The van der Waals surface area contributed by atoms with Crippen LogP contribution < -0.4 is 16.2 Å². The van der Waals surface area contributed by atoms with Crippen LogP contribution in [0.1, 0.15) is 19.8 Å². The van der Waals surface area contributed by atoms with Gasteiger partial charge in [-0.25, -0.2) is 4.98 Å². The molecule has 0 saturated carbocycles. The molecule has 2 atom stereocenters. The number of hydrogen-bond donors (Lipinski definition) is 2. The molecule has 0 spiro atoms. The highest BCUT2D eigenvalue weighted by molar-refractivity contribution is 5.65. The number of carbonyl (C=O) groups excluding carboxylic acids is 1. The summed E-state index contributed by atoms with van der Waals surface area (Å²) in [5.41, 5.74) is 5.39. The summed E-state index contributed by atoms with van der Waals surface area (Å²) in [7, 11) is 1.76. The summed E-state index contributed by atoms with van der Waals surface area (Å²) < 4.78 is 10.7. The van der Waals surface area contributed by atoms with Gasteiger partial charge < -0.3 is 25.1 Å². The van der Waals surface area contributed by atoms with Crippen molar-refractivity contribution in [3.05, 3.63) is 16.7 Å². The molecule has 1 saturated heterocycles. The fourth-order valence-electron chi connectivity index (χ4n) is 2.12. The van der Waals surface area contributed by atoms with Crippen LogP contribution in [-0.4, -0.2) is 41.9 Å². The summed E-state index contributed by atoms with van der Waals surface area (Å²) in [6, 6.07) is 0. The van der Waals surface area contributed by atoms with Gasteiger partial charge in [0.1, 0.15) is 18.5 Å². The van der Waals surface area contributed by atoms with E-state index in [1.165, 1.54) is 13.3 Å². The highest BCUT2D eigenvalue weighted by Crippen LogP contribution is 2.26. The van der Waals surface area contributed by atoms with Gasteiger partial charge in [-0.15, -0.1) is 0 Å². The summed E-state index contributed by atoms with van der Waals surface area (Å²) in [5.74, 6) is 0.0535. The number of hydrogen-bond acceptors (Lipinski definition) is 7. The lowest BCUT2D eigenvalue weighted by atomic mass is 10.2. The van der Waals surface area contributed by atoms with Crippen molar-refractivity contribution in [2.24, 2.45) is 0 Å². The lowest BCUT2D eigenvalue weighted by molar-refractivity contribution is -0.144. The van der Waals surface area contributed by atoms with Gasteiger partial charge in [-0.3, -0.25) is 9.59 Å². The molecule has 1 aromatic rings. The monoisotopic (exact) mass is 282 g/mol. The Kier molecular flexibility index (Phi) is 4.23. The number of ether oxygens (including phenoxy) is 2. The van der Waals surface area contributed by atoms with Crippen molar-refractivity contribution in [1.82, 2.24) is 9.97 Å². The van der Waals surface area contributed by atoms with Crippen LogP contribution in [0.25, 0.3) is 0 Å². The van der Waals surface area contributed by atoms with E-state index < -0.39 is 0 Å². The molecule has 1 aromatic heterocycles. The van der Waals surface area contributed by atoms with E-state index in [0.717, 1.165) is 12.8 Å². The number of nitrogens with zero attached hydrogens (tertiary/aromatic N) is 2. The highest BCUT2D eigenvalue weighted by Gasteiger charge is 2.30. The van der Waals surface area contributed by atoms with Gasteiger partial charge in [0.25, 0.3) is 5.56 Å². The lowest BCUT2D eigenvalue weighted by Crippen LogP contribution is -2.35. The number of aromatic nitrogens is 2. The van der Waals surface area contributed by atoms with Gasteiger partial charge in [-0.05, 0) is 12.8 Å². The third-order valence-electron chi connectivity index (χ3n) is 3.19. The predicted molar refractivity (Wildman–Crippen MR) is 72.2 cm³/mol. The largest absolute Gasteiger partial charge is 0.463 e. The van der Waals surface area contributed by atoms with Crippen LogP contribution in [0.4, 0.5) is 11.5 Å². The summed E-state index contributed by atoms with van der Waals surface area (Å²) in [6.45, 7) is 1.59. The van der Waals surface area contributed by atoms with Crippen molar-refractivity contribution in [2.45, 2.75) is 32.1 Å². The van der Waals surface area contributed by atoms with Gasteiger partial charge in [0, 0.05) is 14.0 Å². The van der Waals surface area contributed by atoms with Crippen LogP contribution in [0, 0.1) is 0 Å². The molecule has 2 heterocycles. The molecule has 8 heteroatoms. The molecule has 0 aromatic carbocycles. The summed E-state index contributed by atoms with van der Waals surface area (Å²) >= 11 is 0. The topological polar surface area (TPSA) is 111 Å². The van der Waals surface area contributed by atoms with Gasteiger partial charge in [0.15, 0.2) is 5.82 Å². The first-order valence-electron chi connectivity index (χ1n) is 6.34. The van der Waals surface area contributed by atoms with E-state index in [9.17, 15) is 9.59 Å². The van der Waals surface area contributed by atoms with Crippen molar-refractivity contribution in [2.75, 3.05) is 24.3 Å². The second kappa shape index (κ2) is 5.91. The minimum absolute atomic E-state index is 0.0574. The molecule has 1 aliphatic heterocycles. The Hall–Kier alpha value is -2.09. The minimum Gasteiger partial charge on any atom is -0.463 e. The van der Waals surface area contributed by atoms with Gasteiger partial charge in [-0.2, -0.15) is 0 Å². The molecule has 110 valence electrons. The van der Waals surface area contributed by atoms with E-state index in [2.05, 4.69) is 9.97 Å². The summed E-state index contributed by atoms with van der Waals surface area (Å²) in [4.78, 5) is 30.4. The molecule has 2 unspecified atom stereocenters. The average molecular weight is 282 g/mol. The Balaban J connectivity index is 2.00. The molecular weight excluding hydrogens is 264 g/mol. The average Bonchev–Trinajstić information content (AvgIpc) is 2.87. The fraction of sp³-hybridized carbons (Fsp3) is 0.583. The van der Waals surface area contributed by atoms with Crippen molar-refractivity contribution < 1.29 is 14.3 Å². The Labute approximate surface area is 115 Å². The van der Waals surface area contributed by atoms with Gasteiger partial charge in [0.2, 0.25) is 0 Å². The van der Waals surface area contributed by atoms with Crippen molar-refractivity contribution in [1.29, 1.82) is 0 Å². The maximum atomic E-state index is 11.5. The molecule has 0 aliphatic carbocycles. The highest BCUT2D eigenvalue weighted by atomic mass is 16.6. The number of anilines is 2. The molecular formula is C12H18N4O4. The third-order valence-corrected chi connectivity index (χ3v) is 3.19. The van der Waals surface area contributed by atoms with Crippen LogP contribution in [0.15, 0.2) is 11.1 Å². The molecule has 1 fully saturated rings. The predicted octanol–water partition coefficient (Wildman–Crippen LogP) is -0.143.